The van der Waals surface area contributed by atoms with E-state index < -0.39 is 15.8 Å². The molecule has 0 heterocycles. The molecule has 2 aromatic carbocycles. The van der Waals surface area contributed by atoms with Crippen LogP contribution in [0.5, 0.6) is 0 Å². The second-order valence-electron chi connectivity index (χ2n) is 5.67. The quantitative estimate of drug-likeness (QED) is 0.763. The van der Waals surface area contributed by atoms with E-state index in [2.05, 4.69) is 0 Å². The summed E-state index contributed by atoms with van der Waals surface area (Å²) >= 11 is 0. The SMILES string of the molecule is CC(Cc1ccccc1)OC(=O)c1ccc(CS(C)(=O)=O)cc1. The van der Waals surface area contributed by atoms with Gasteiger partial charge in [0.05, 0.1) is 11.3 Å². The molecule has 0 spiro atoms. The van der Waals surface area contributed by atoms with Gasteiger partial charge in [-0.15, -0.1) is 0 Å². The van der Waals surface area contributed by atoms with E-state index in [9.17, 15) is 13.2 Å². The van der Waals surface area contributed by atoms with Gasteiger partial charge in [0, 0.05) is 12.7 Å². The predicted octanol–water partition coefficient (Wildman–Crippen LogP) is 3.02. The van der Waals surface area contributed by atoms with Gasteiger partial charge in [0.25, 0.3) is 0 Å². The Morgan fingerprint density at radius 2 is 1.61 bits per heavy atom. The largest absolute Gasteiger partial charge is 0.459 e. The van der Waals surface area contributed by atoms with Gasteiger partial charge in [-0.1, -0.05) is 42.5 Å². The smallest absolute Gasteiger partial charge is 0.338 e. The van der Waals surface area contributed by atoms with Gasteiger partial charge in [0.15, 0.2) is 9.84 Å². The molecule has 0 aromatic heterocycles. The van der Waals surface area contributed by atoms with Crippen LogP contribution in [0.1, 0.15) is 28.4 Å². The number of benzene rings is 2. The Labute approximate surface area is 137 Å². The van der Waals surface area contributed by atoms with Crippen molar-refractivity contribution < 1.29 is 17.9 Å². The highest BCUT2D eigenvalue weighted by Gasteiger charge is 2.13. The summed E-state index contributed by atoms with van der Waals surface area (Å²) in [5, 5.41) is 0. The first-order chi connectivity index (χ1) is 10.8. The van der Waals surface area contributed by atoms with Crippen molar-refractivity contribution in [1.29, 1.82) is 0 Å². The molecule has 122 valence electrons. The van der Waals surface area contributed by atoms with Crippen LogP contribution in [-0.2, 0) is 26.7 Å². The minimum Gasteiger partial charge on any atom is -0.459 e. The summed E-state index contributed by atoms with van der Waals surface area (Å²) in [6, 6.07) is 16.3. The molecule has 1 atom stereocenters. The van der Waals surface area contributed by atoms with Crippen molar-refractivity contribution in [2.24, 2.45) is 0 Å². The van der Waals surface area contributed by atoms with Crippen molar-refractivity contribution in [1.82, 2.24) is 0 Å². The molecule has 0 saturated carbocycles. The molecule has 4 nitrogen and oxygen atoms in total. The molecule has 0 aliphatic heterocycles. The maximum atomic E-state index is 12.1. The molecular formula is C18H20O4S. The highest BCUT2D eigenvalue weighted by Crippen LogP contribution is 2.12. The van der Waals surface area contributed by atoms with E-state index >= 15 is 0 Å². The molecule has 0 aliphatic rings. The van der Waals surface area contributed by atoms with Crippen LogP contribution >= 0.6 is 0 Å². The zero-order valence-corrected chi connectivity index (χ0v) is 14.0. The lowest BCUT2D eigenvalue weighted by Gasteiger charge is -2.13. The average Bonchev–Trinajstić information content (AvgIpc) is 2.47. The average molecular weight is 332 g/mol. The Morgan fingerprint density at radius 3 is 2.17 bits per heavy atom. The molecule has 2 aromatic rings. The molecule has 5 heteroatoms. The summed E-state index contributed by atoms with van der Waals surface area (Å²) in [6.07, 6.45) is 1.60. The Hall–Kier alpha value is -2.14. The van der Waals surface area contributed by atoms with Gasteiger partial charge in [-0.05, 0) is 30.2 Å². The van der Waals surface area contributed by atoms with E-state index in [1.54, 1.807) is 24.3 Å². The number of ether oxygens (including phenoxy) is 1. The second-order valence-corrected chi connectivity index (χ2v) is 7.81. The predicted molar refractivity (Wildman–Crippen MR) is 90.0 cm³/mol. The third kappa shape index (κ3) is 5.87. The molecular weight excluding hydrogens is 312 g/mol. The number of hydrogen-bond donors (Lipinski definition) is 0. The van der Waals surface area contributed by atoms with E-state index in [1.807, 2.05) is 37.3 Å². The summed E-state index contributed by atoms with van der Waals surface area (Å²) in [7, 11) is -3.08. The van der Waals surface area contributed by atoms with E-state index in [0.29, 0.717) is 17.5 Å². The molecule has 1 unspecified atom stereocenters. The molecule has 0 saturated heterocycles. The summed E-state index contributed by atoms with van der Waals surface area (Å²) < 4.78 is 27.9. The number of carbonyl (C=O) groups is 1. The topological polar surface area (TPSA) is 60.4 Å². The first-order valence-electron chi connectivity index (χ1n) is 7.35. The molecule has 0 fully saturated rings. The normalized spacial score (nSPS) is 12.6. The van der Waals surface area contributed by atoms with Crippen LogP contribution in [0, 0.1) is 0 Å². The Balaban J connectivity index is 1.95. The fourth-order valence-electron chi connectivity index (χ4n) is 2.28. The van der Waals surface area contributed by atoms with E-state index in [1.165, 1.54) is 6.26 Å². The lowest BCUT2D eigenvalue weighted by molar-refractivity contribution is 0.0343. The van der Waals surface area contributed by atoms with Crippen LogP contribution in [0.25, 0.3) is 0 Å². The Bertz CT molecular complexity index is 749. The standard InChI is InChI=1S/C18H20O4S/c1-14(12-15-6-4-3-5-7-15)22-18(19)17-10-8-16(9-11-17)13-23(2,20)21/h3-11,14H,12-13H2,1-2H3. The second kappa shape index (κ2) is 7.42. The van der Waals surface area contributed by atoms with Crippen LogP contribution in [0.15, 0.2) is 54.6 Å². The summed E-state index contributed by atoms with van der Waals surface area (Å²) in [4.78, 5) is 12.1. The summed E-state index contributed by atoms with van der Waals surface area (Å²) in [5.74, 6) is -0.438. The van der Waals surface area contributed by atoms with E-state index in [4.69, 9.17) is 4.74 Å². The molecule has 23 heavy (non-hydrogen) atoms. The molecule has 0 bridgehead atoms. The van der Waals surface area contributed by atoms with Gasteiger partial charge >= 0.3 is 5.97 Å². The molecule has 0 amide bonds. The van der Waals surface area contributed by atoms with Crippen LogP contribution in [0.3, 0.4) is 0 Å². The van der Waals surface area contributed by atoms with Gasteiger partial charge in [-0.2, -0.15) is 0 Å². The monoisotopic (exact) mass is 332 g/mol. The number of carbonyl (C=O) groups excluding carboxylic acids is 1. The summed E-state index contributed by atoms with van der Waals surface area (Å²) in [6.45, 7) is 1.85. The number of esters is 1. The van der Waals surface area contributed by atoms with Crippen molar-refractivity contribution in [2.75, 3.05) is 6.26 Å². The maximum Gasteiger partial charge on any atom is 0.338 e. The van der Waals surface area contributed by atoms with E-state index in [-0.39, 0.29) is 11.9 Å². The van der Waals surface area contributed by atoms with Gasteiger partial charge < -0.3 is 4.74 Å². The highest BCUT2D eigenvalue weighted by molar-refractivity contribution is 7.89. The molecule has 0 radical (unpaired) electrons. The van der Waals surface area contributed by atoms with E-state index in [0.717, 1.165) is 5.56 Å². The zero-order chi connectivity index (χ0) is 16.9. The van der Waals surface area contributed by atoms with Crippen LogP contribution < -0.4 is 0 Å². The molecule has 0 aliphatic carbocycles. The zero-order valence-electron chi connectivity index (χ0n) is 13.2. The number of rotatable bonds is 6. The number of sulfone groups is 1. The fraction of sp³-hybridized carbons (Fsp3) is 0.278. The lowest BCUT2D eigenvalue weighted by atomic mass is 10.1. The van der Waals surface area contributed by atoms with Crippen LogP contribution in [0.2, 0.25) is 0 Å². The number of hydrogen-bond acceptors (Lipinski definition) is 4. The molecule has 2 rings (SSSR count). The first-order valence-corrected chi connectivity index (χ1v) is 9.41. The van der Waals surface area contributed by atoms with Gasteiger partial charge in [-0.3, -0.25) is 0 Å². The fourth-order valence-corrected chi connectivity index (χ4v) is 3.08. The van der Waals surface area contributed by atoms with Crippen molar-refractivity contribution >= 4 is 15.8 Å². The minimum atomic E-state index is -3.08. The van der Waals surface area contributed by atoms with Crippen molar-refractivity contribution in [3.05, 3.63) is 71.3 Å². The van der Waals surface area contributed by atoms with Crippen molar-refractivity contribution in [3.8, 4) is 0 Å². The lowest BCUT2D eigenvalue weighted by Crippen LogP contribution is -2.17. The maximum absolute atomic E-state index is 12.1. The van der Waals surface area contributed by atoms with Gasteiger partial charge in [-0.25, -0.2) is 13.2 Å². The van der Waals surface area contributed by atoms with Crippen LogP contribution in [0.4, 0.5) is 0 Å². The first kappa shape index (κ1) is 17.2. The van der Waals surface area contributed by atoms with Crippen molar-refractivity contribution in [3.63, 3.8) is 0 Å². The minimum absolute atomic E-state index is 0.0350. The third-order valence-corrected chi connectivity index (χ3v) is 4.15. The Morgan fingerprint density at radius 1 is 1.00 bits per heavy atom. The van der Waals surface area contributed by atoms with Crippen molar-refractivity contribution in [2.45, 2.75) is 25.2 Å². The third-order valence-electron chi connectivity index (χ3n) is 3.29. The Kier molecular flexibility index (Phi) is 5.55. The summed E-state index contributed by atoms with van der Waals surface area (Å²) in [5.41, 5.74) is 2.18. The van der Waals surface area contributed by atoms with Gasteiger partial charge in [0.1, 0.15) is 6.10 Å². The molecule has 0 N–H and O–H groups in total. The highest BCUT2D eigenvalue weighted by atomic mass is 32.2. The van der Waals surface area contributed by atoms with Crippen LogP contribution in [-0.4, -0.2) is 26.7 Å². The van der Waals surface area contributed by atoms with Gasteiger partial charge in [0.2, 0.25) is 0 Å².